The van der Waals surface area contributed by atoms with Gasteiger partial charge in [-0.2, -0.15) is 5.10 Å². The quantitative estimate of drug-likeness (QED) is 0.358. The summed E-state index contributed by atoms with van der Waals surface area (Å²) in [5.41, 5.74) is 3.73. The van der Waals surface area contributed by atoms with Gasteiger partial charge in [-0.05, 0) is 36.4 Å². The maximum absolute atomic E-state index is 12.7. The number of para-hydroxylation sites is 1. The van der Waals surface area contributed by atoms with Crippen molar-refractivity contribution in [2.45, 2.75) is 11.4 Å². The molecule has 0 N–H and O–H groups in total. The molecule has 0 fully saturated rings. The molecule has 1 amide bonds. The second kappa shape index (κ2) is 9.81. The highest BCUT2D eigenvalue weighted by Crippen LogP contribution is 2.26. The van der Waals surface area contributed by atoms with Gasteiger partial charge in [0.05, 0.1) is 17.1 Å². The molecule has 4 rings (SSSR count). The van der Waals surface area contributed by atoms with Gasteiger partial charge in [0.2, 0.25) is 5.91 Å². The van der Waals surface area contributed by atoms with E-state index in [0.29, 0.717) is 17.3 Å². The predicted octanol–water partition coefficient (Wildman–Crippen LogP) is 5.34. The number of pyridine rings is 1. The smallest absolute Gasteiger partial charge is 0.232 e. The van der Waals surface area contributed by atoms with Crippen LogP contribution in [0.25, 0.3) is 16.9 Å². The first kappa shape index (κ1) is 21.2. The lowest BCUT2D eigenvalue weighted by Crippen LogP contribution is -2.27. The molecule has 0 spiro atoms. The Kier molecular flexibility index (Phi) is 6.70. The second-order valence-corrected chi connectivity index (χ2v) is 8.50. The molecule has 0 unspecified atom stereocenters. The Hall–Kier alpha value is -3.09. The van der Waals surface area contributed by atoms with Crippen molar-refractivity contribution in [3.05, 3.63) is 95.9 Å². The van der Waals surface area contributed by atoms with Crippen LogP contribution in [-0.2, 0) is 11.3 Å². The van der Waals surface area contributed by atoms with E-state index in [1.54, 1.807) is 17.3 Å². The van der Waals surface area contributed by atoms with Crippen molar-refractivity contribution in [1.29, 1.82) is 0 Å². The normalized spacial score (nSPS) is 10.8. The standard InChI is InChI=1S/C24H21ClN4OS/c1-28(23(30)17-31-22-11-13-26-14-12-22)15-19-16-29(21-5-3-2-4-6-21)27-24(19)18-7-9-20(25)10-8-18/h2-14,16H,15,17H2,1H3. The number of halogens is 1. The van der Waals surface area contributed by atoms with Crippen LogP contribution in [0.4, 0.5) is 0 Å². The molecule has 0 aliphatic carbocycles. The SMILES string of the molecule is CN(Cc1cn(-c2ccccc2)nc1-c1ccc(Cl)cc1)C(=O)CSc1ccncc1. The third kappa shape index (κ3) is 5.34. The molecule has 2 aromatic heterocycles. The van der Waals surface area contributed by atoms with Crippen LogP contribution in [0, 0.1) is 0 Å². The number of carbonyl (C=O) groups excluding carboxylic acids is 1. The Bertz CT molecular complexity index is 1150. The van der Waals surface area contributed by atoms with Crippen LogP contribution < -0.4 is 0 Å². The fourth-order valence-electron chi connectivity index (χ4n) is 3.12. The minimum atomic E-state index is 0.0522. The van der Waals surface area contributed by atoms with Crippen molar-refractivity contribution < 1.29 is 4.79 Å². The van der Waals surface area contributed by atoms with Crippen molar-refractivity contribution in [2.24, 2.45) is 0 Å². The molecule has 156 valence electrons. The summed E-state index contributed by atoms with van der Waals surface area (Å²) >= 11 is 7.57. The van der Waals surface area contributed by atoms with Crippen LogP contribution in [-0.4, -0.2) is 38.4 Å². The van der Waals surface area contributed by atoms with Crippen LogP contribution in [0.2, 0.25) is 5.02 Å². The highest BCUT2D eigenvalue weighted by Gasteiger charge is 2.17. The van der Waals surface area contributed by atoms with Crippen molar-refractivity contribution >= 4 is 29.3 Å². The van der Waals surface area contributed by atoms with Gasteiger partial charge < -0.3 is 4.90 Å². The topological polar surface area (TPSA) is 51.0 Å². The third-order valence-corrected chi connectivity index (χ3v) is 6.02. The summed E-state index contributed by atoms with van der Waals surface area (Å²) < 4.78 is 1.85. The Balaban J connectivity index is 1.56. The van der Waals surface area contributed by atoms with Crippen molar-refractivity contribution in [3.8, 4) is 16.9 Å². The zero-order valence-corrected chi connectivity index (χ0v) is 18.6. The first-order chi connectivity index (χ1) is 15.1. The fourth-order valence-corrected chi connectivity index (χ4v) is 4.07. The highest BCUT2D eigenvalue weighted by molar-refractivity contribution is 8.00. The molecule has 7 heteroatoms. The summed E-state index contributed by atoms with van der Waals surface area (Å²) in [6.45, 7) is 0.459. The predicted molar refractivity (Wildman–Crippen MR) is 125 cm³/mol. The molecular formula is C24H21ClN4OS. The van der Waals surface area contributed by atoms with Crippen LogP contribution in [0.3, 0.4) is 0 Å². The van der Waals surface area contributed by atoms with Gasteiger partial charge in [-0.25, -0.2) is 4.68 Å². The number of rotatable bonds is 7. The van der Waals surface area contributed by atoms with Crippen molar-refractivity contribution in [1.82, 2.24) is 19.7 Å². The van der Waals surface area contributed by atoms with Crippen molar-refractivity contribution in [3.63, 3.8) is 0 Å². The van der Waals surface area contributed by atoms with Crippen molar-refractivity contribution in [2.75, 3.05) is 12.8 Å². The van der Waals surface area contributed by atoms with Crippen LogP contribution in [0.5, 0.6) is 0 Å². The van der Waals surface area contributed by atoms with E-state index in [-0.39, 0.29) is 5.91 Å². The number of benzene rings is 2. The molecule has 0 aliphatic heterocycles. The fraction of sp³-hybridized carbons (Fsp3) is 0.125. The van der Waals surface area contributed by atoms with Gasteiger partial charge in [-0.15, -0.1) is 11.8 Å². The van der Waals surface area contributed by atoms with Gasteiger partial charge >= 0.3 is 0 Å². The van der Waals surface area contributed by atoms with E-state index in [2.05, 4.69) is 4.98 Å². The maximum Gasteiger partial charge on any atom is 0.232 e. The maximum atomic E-state index is 12.7. The summed E-state index contributed by atoms with van der Waals surface area (Å²) in [7, 11) is 1.82. The molecule has 2 aromatic carbocycles. The minimum Gasteiger partial charge on any atom is -0.341 e. The number of hydrogen-bond acceptors (Lipinski definition) is 4. The lowest BCUT2D eigenvalue weighted by Gasteiger charge is -2.17. The zero-order valence-electron chi connectivity index (χ0n) is 17.0. The number of aromatic nitrogens is 3. The molecular weight excluding hydrogens is 428 g/mol. The lowest BCUT2D eigenvalue weighted by atomic mass is 10.1. The monoisotopic (exact) mass is 448 g/mol. The molecule has 0 aliphatic rings. The van der Waals surface area contributed by atoms with Gasteiger partial charge in [0, 0.05) is 53.2 Å². The lowest BCUT2D eigenvalue weighted by molar-refractivity contribution is -0.127. The van der Waals surface area contributed by atoms with Crippen LogP contribution in [0.15, 0.2) is 90.2 Å². The first-order valence-electron chi connectivity index (χ1n) is 9.77. The number of hydrogen-bond donors (Lipinski definition) is 0. The molecule has 31 heavy (non-hydrogen) atoms. The van der Waals surface area contributed by atoms with Gasteiger partial charge in [-0.1, -0.05) is 41.9 Å². The summed E-state index contributed by atoms with van der Waals surface area (Å²) in [5.74, 6) is 0.417. The summed E-state index contributed by atoms with van der Waals surface area (Å²) in [6, 6.07) is 21.3. The highest BCUT2D eigenvalue weighted by atomic mass is 35.5. The molecule has 5 nitrogen and oxygen atoms in total. The van der Waals surface area contributed by atoms with E-state index >= 15 is 0 Å². The summed E-state index contributed by atoms with van der Waals surface area (Å²) in [5, 5.41) is 5.48. The average Bonchev–Trinajstić information content (AvgIpc) is 3.23. The Labute approximate surface area is 190 Å². The number of thioether (sulfide) groups is 1. The molecule has 0 saturated heterocycles. The number of amides is 1. The Morgan fingerprint density at radius 3 is 2.45 bits per heavy atom. The molecule has 4 aromatic rings. The average molecular weight is 449 g/mol. The van der Waals surface area contributed by atoms with E-state index < -0.39 is 0 Å². The first-order valence-corrected chi connectivity index (χ1v) is 11.1. The van der Waals surface area contributed by atoms with Crippen LogP contribution in [0.1, 0.15) is 5.56 Å². The second-order valence-electron chi connectivity index (χ2n) is 7.01. The van der Waals surface area contributed by atoms with E-state index in [9.17, 15) is 4.79 Å². The largest absolute Gasteiger partial charge is 0.341 e. The van der Waals surface area contributed by atoms with Gasteiger partial charge in [0.1, 0.15) is 0 Å². The molecule has 0 saturated carbocycles. The zero-order chi connectivity index (χ0) is 21.6. The number of nitrogens with zero attached hydrogens (tertiary/aromatic N) is 4. The van der Waals surface area contributed by atoms with Gasteiger partial charge in [0.15, 0.2) is 0 Å². The number of carbonyl (C=O) groups is 1. The van der Waals surface area contributed by atoms with E-state index in [1.165, 1.54) is 11.8 Å². The summed E-state index contributed by atoms with van der Waals surface area (Å²) in [6.07, 6.45) is 5.44. The van der Waals surface area contributed by atoms with Gasteiger partial charge in [0.25, 0.3) is 0 Å². The van der Waals surface area contributed by atoms with E-state index in [0.717, 1.165) is 27.4 Å². The van der Waals surface area contributed by atoms with Gasteiger partial charge in [-0.3, -0.25) is 9.78 Å². The molecule has 2 heterocycles. The Morgan fingerprint density at radius 1 is 1.03 bits per heavy atom. The third-order valence-electron chi connectivity index (χ3n) is 4.77. The summed E-state index contributed by atoms with van der Waals surface area (Å²) in [4.78, 5) is 19.5. The van der Waals surface area contributed by atoms with Crippen LogP contribution >= 0.6 is 23.4 Å². The van der Waals surface area contributed by atoms with E-state index in [4.69, 9.17) is 16.7 Å². The minimum absolute atomic E-state index is 0.0522. The molecule has 0 radical (unpaired) electrons. The molecule has 0 bridgehead atoms. The van der Waals surface area contributed by atoms with E-state index in [1.807, 2.05) is 84.7 Å². The molecule has 0 atom stereocenters. The Morgan fingerprint density at radius 2 is 1.74 bits per heavy atom.